The topological polar surface area (TPSA) is 29.5 Å². The number of carbonyl (C=O) groups is 1. The number of carbonyl (C=O) groups excluding carboxylic acids is 1. The zero-order chi connectivity index (χ0) is 13.0. The number of methoxy groups -OCH3 is 1. The number of ether oxygens (including phenoxy) is 1. The summed E-state index contributed by atoms with van der Waals surface area (Å²) in [5.41, 5.74) is 1.19. The van der Waals surface area contributed by atoms with Crippen LogP contribution in [-0.4, -0.2) is 36.9 Å². The Bertz CT molecular complexity index is 422. The molecule has 0 bridgehead atoms. The maximum Gasteiger partial charge on any atom is 0.222 e. The number of halogens is 1. The van der Waals surface area contributed by atoms with Gasteiger partial charge >= 0.3 is 0 Å². The Hall–Kier alpha value is -1.22. The fraction of sp³-hybridized carbons (Fsp3) is 0.500. The zero-order valence-corrected chi connectivity index (χ0v) is 11.3. The third kappa shape index (κ3) is 3.16. The summed E-state index contributed by atoms with van der Waals surface area (Å²) >= 11 is 5.80. The van der Waals surface area contributed by atoms with Gasteiger partial charge in [0.05, 0.1) is 7.11 Å². The van der Waals surface area contributed by atoms with Crippen molar-refractivity contribution in [2.75, 3.05) is 26.1 Å². The van der Waals surface area contributed by atoms with Crippen LogP contribution in [0.1, 0.15) is 12.0 Å². The summed E-state index contributed by atoms with van der Waals surface area (Å²) in [6, 6.07) is 7.97. The van der Waals surface area contributed by atoms with Crippen molar-refractivity contribution in [2.24, 2.45) is 5.92 Å². The number of nitrogens with zero attached hydrogens (tertiary/aromatic N) is 1. The van der Waals surface area contributed by atoms with Gasteiger partial charge in [-0.05, 0) is 30.0 Å². The van der Waals surface area contributed by atoms with Crippen molar-refractivity contribution in [2.45, 2.75) is 12.8 Å². The number of amides is 1. The summed E-state index contributed by atoms with van der Waals surface area (Å²) in [4.78, 5) is 13.6. The highest BCUT2D eigenvalue weighted by atomic mass is 35.5. The van der Waals surface area contributed by atoms with E-state index < -0.39 is 0 Å². The second-order valence-corrected chi connectivity index (χ2v) is 4.97. The van der Waals surface area contributed by atoms with Gasteiger partial charge in [0.2, 0.25) is 5.91 Å². The Kier molecular flexibility index (Phi) is 4.48. The molecule has 0 saturated carbocycles. The standard InChI is InChI=1S/C14H18ClNO2/c1-18-13-4-2-3-11(7-13)5-6-16-10-12(9-15)8-14(16)17/h2-4,7,12H,5-6,8-10H2,1H3. The van der Waals surface area contributed by atoms with Gasteiger partial charge in [-0.25, -0.2) is 0 Å². The van der Waals surface area contributed by atoms with Crippen LogP contribution in [0, 0.1) is 5.92 Å². The zero-order valence-electron chi connectivity index (χ0n) is 10.6. The molecule has 18 heavy (non-hydrogen) atoms. The molecule has 1 heterocycles. The second kappa shape index (κ2) is 6.10. The van der Waals surface area contributed by atoms with Crippen LogP contribution in [0.3, 0.4) is 0 Å². The van der Waals surface area contributed by atoms with Crippen LogP contribution >= 0.6 is 11.6 Å². The van der Waals surface area contributed by atoms with Gasteiger partial charge in [0.15, 0.2) is 0 Å². The van der Waals surface area contributed by atoms with Gasteiger partial charge in [-0.2, -0.15) is 0 Å². The van der Waals surface area contributed by atoms with E-state index in [2.05, 4.69) is 6.07 Å². The summed E-state index contributed by atoms with van der Waals surface area (Å²) in [6.07, 6.45) is 1.46. The number of hydrogen-bond acceptors (Lipinski definition) is 2. The largest absolute Gasteiger partial charge is 0.497 e. The quantitative estimate of drug-likeness (QED) is 0.767. The van der Waals surface area contributed by atoms with Gasteiger partial charge in [-0.15, -0.1) is 11.6 Å². The highest BCUT2D eigenvalue weighted by Crippen LogP contribution is 2.20. The van der Waals surface area contributed by atoms with E-state index in [1.807, 2.05) is 23.1 Å². The molecule has 1 aliphatic rings. The van der Waals surface area contributed by atoms with Crippen LogP contribution in [0.4, 0.5) is 0 Å². The van der Waals surface area contributed by atoms with Gasteiger partial charge in [0.1, 0.15) is 5.75 Å². The number of rotatable bonds is 5. The molecule has 1 fully saturated rings. The number of benzene rings is 1. The number of likely N-dealkylation sites (tertiary alicyclic amines) is 1. The lowest BCUT2D eigenvalue weighted by Gasteiger charge is -2.16. The van der Waals surface area contributed by atoms with E-state index in [0.29, 0.717) is 18.2 Å². The molecular formula is C14H18ClNO2. The van der Waals surface area contributed by atoms with E-state index in [0.717, 1.165) is 25.3 Å². The van der Waals surface area contributed by atoms with Crippen LogP contribution in [-0.2, 0) is 11.2 Å². The van der Waals surface area contributed by atoms with Crippen molar-refractivity contribution in [3.8, 4) is 5.75 Å². The third-order valence-corrected chi connectivity index (χ3v) is 3.75. The summed E-state index contributed by atoms with van der Waals surface area (Å²) < 4.78 is 5.18. The van der Waals surface area contributed by atoms with Gasteiger partial charge < -0.3 is 9.64 Å². The number of hydrogen-bond donors (Lipinski definition) is 0. The molecular weight excluding hydrogens is 250 g/mol. The van der Waals surface area contributed by atoms with E-state index in [9.17, 15) is 4.79 Å². The lowest BCUT2D eigenvalue weighted by atomic mass is 10.1. The molecule has 0 radical (unpaired) electrons. The number of alkyl halides is 1. The lowest BCUT2D eigenvalue weighted by Crippen LogP contribution is -2.27. The molecule has 0 aromatic heterocycles. The molecule has 1 aliphatic heterocycles. The molecule has 1 atom stereocenters. The Labute approximate surface area is 113 Å². The minimum absolute atomic E-state index is 0.226. The highest BCUT2D eigenvalue weighted by Gasteiger charge is 2.28. The average molecular weight is 268 g/mol. The van der Waals surface area contributed by atoms with Crippen molar-refractivity contribution < 1.29 is 9.53 Å². The van der Waals surface area contributed by atoms with Crippen molar-refractivity contribution in [3.63, 3.8) is 0 Å². The van der Waals surface area contributed by atoms with E-state index >= 15 is 0 Å². The van der Waals surface area contributed by atoms with Crippen LogP contribution in [0.15, 0.2) is 24.3 Å². The SMILES string of the molecule is COc1cccc(CCN2CC(CCl)CC2=O)c1. The summed E-state index contributed by atoms with van der Waals surface area (Å²) in [5, 5.41) is 0. The van der Waals surface area contributed by atoms with Gasteiger partial charge in [-0.1, -0.05) is 12.1 Å². The Morgan fingerprint density at radius 1 is 1.50 bits per heavy atom. The van der Waals surface area contributed by atoms with Gasteiger partial charge in [-0.3, -0.25) is 4.79 Å². The van der Waals surface area contributed by atoms with Crippen molar-refractivity contribution in [3.05, 3.63) is 29.8 Å². The summed E-state index contributed by atoms with van der Waals surface area (Å²) in [6.45, 7) is 1.56. The molecule has 1 saturated heterocycles. The molecule has 0 spiro atoms. The molecule has 3 nitrogen and oxygen atoms in total. The third-order valence-electron chi connectivity index (χ3n) is 3.32. The average Bonchev–Trinajstić information content (AvgIpc) is 2.77. The maximum atomic E-state index is 11.7. The first-order chi connectivity index (χ1) is 8.72. The molecule has 98 valence electrons. The summed E-state index contributed by atoms with van der Waals surface area (Å²) in [7, 11) is 1.66. The first kappa shape index (κ1) is 13.2. The molecule has 1 amide bonds. The van der Waals surface area contributed by atoms with Crippen LogP contribution in [0.2, 0.25) is 0 Å². The molecule has 0 N–H and O–H groups in total. The van der Waals surface area contributed by atoms with Crippen molar-refractivity contribution in [1.29, 1.82) is 0 Å². The monoisotopic (exact) mass is 267 g/mol. The predicted octanol–water partition coefficient (Wildman–Crippen LogP) is 2.33. The highest BCUT2D eigenvalue weighted by molar-refractivity contribution is 6.18. The minimum atomic E-state index is 0.226. The fourth-order valence-corrected chi connectivity index (χ4v) is 2.47. The molecule has 4 heteroatoms. The minimum Gasteiger partial charge on any atom is -0.497 e. The second-order valence-electron chi connectivity index (χ2n) is 4.67. The maximum absolute atomic E-state index is 11.7. The van der Waals surface area contributed by atoms with Crippen LogP contribution in [0.25, 0.3) is 0 Å². The summed E-state index contributed by atoms with van der Waals surface area (Å²) in [5.74, 6) is 1.98. The van der Waals surface area contributed by atoms with Gasteiger partial charge in [0.25, 0.3) is 0 Å². The lowest BCUT2D eigenvalue weighted by molar-refractivity contribution is -0.127. The molecule has 1 unspecified atom stereocenters. The van der Waals surface area contributed by atoms with E-state index in [-0.39, 0.29) is 5.91 Å². The Morgan fingerprint density at radius 3 is 3.00 bits per heavy atom. The van der Waals surface area contributed by atoms with Crippen molar-refractivity contribution in [1.82, 2.24) is 4.90 Å². The molecule has 1 aromatic rings. The first-order valence-electron chi connectivity index (χ1n) is 6.19. The van der Waals surface area contributed by atoms with Crippen molar-refractivity contribution >= 4 is 17.5 Å². The smallest absolute Gasteiger partial charge is 0.222 e. The Morgan fingerprint density at radius 2 is 2.33 bits per heavy atom. The van der Waals surface area contributed by atoms with E-state index in [4.69, 9.17) is 16.3 Å². The Balaban J connectivity index is 1.89. The molecule has 1 aromatic carbocycles. The van der Waals surface area contributed by atoms with E-state index in [1.54, 1.807) is 7.11 Å². The van der Waals surface area contributed by atoms with Crippen LogP contribution < -0.4 is 4.74 Å². The fourth-order valence-electron chi connectivity index (χ4n) is 2.27. The predicted molar refractivity (Wildman–Crippen MR) is 72.1 cm³/mol. The normalized spacial score (nSPS) is 19.3. The van der Waals surface area contributed by atoms with E-state index in [1.165, 1.54) is 5.56 Å². The molecule has 2 rings (SSSR count). The first-order valence-corrected chi connectivity index (χ1v) is 6.73. The van der Waals surface area contributed by atoms with Gasteiger partial charge in [0, 0.05) is 25.4 Å². The van der Waals surface area contributed by atoms with Crippen LogP contribution in [0.5, 0.6) is 5.75 Å². The molecule has 0 aliphatic carbocycles.